The Balaban J connectivity index is 1.82. The van der Waals surface area contributed by atoms with Gasteiger partial charge in [0.1, 0.15) is 12.4 Å². The number of hydrogen-bond donors (Lipinski definition) is 0. The van der Waals surface area contributed by atoms with Gasteiger partial charge in [-0.3, -0.25) is 4.90 Å². The molecule has 0 aliphatic carbocycles. The Kier molecular flexibility index (Phi) is 5.52. The monoisotopic (exact) mass is 390 g/mol. The highest BCUT2D eigenvalue weighted by molar-refractivity contribution is 7.13. The lowest BCUT2D eigenvalue weighted by atomic mass is 10.1. The van der Waals surface area contributed by atoms with E-state index in [1.165, 1.54) is 23.5 Å². The highest BCUT2D eigenvalue weighted by Gasteiger charge is 2.28. The molecule has 26 heavy (non-hydrogen) atoms. The number of anilines is 1. The van der Waals surface area contributed by atoms with E-state index in [0.29, 0.717) is 30.3 Å². The van der Waals surface area contributed by atoms with E-state index in [2.05, 4.69) is 4.37 Å². The number of amides is 1. The Hall–Kier alpha value is -2.07. The molecule has 2 aromatic rings. The first-order valence-corrected chi connectivity index (χ1v) is 8.71. The van der Waals surface area contributed by atoms with E-state index in [4.69, 9.17) is 14.2 Å². The Morgan fingerprint density at radius 2 is 2.19 bits per heavy atom. The average molecular weight is 390 g/mol. The van der Waals surface area contributed by atoms with E-state index in [0.717, 1.165) is 10.1 Å². The molecule has 0 radical (unpaired) electrons. The zero-order chi connectivity index (χ0) is 18.7. The van der Waals surface area contributed by atoms with Crippen molar-refractivity contribution in [3.05, 3.63) is 17.7 Å². The molecule has 1 aromatic heterocycles. The summed E-state index contributed by atoms with van der Waals surface area (Å²) in [5.41, 5.74) is 0.682. The molecule has 1 amide bonds. The standard InChI is InChI=1S/C16H17F3N2O4S/c1-23-9-10-7-11-13(8-12(10)24-5-2-3-16(17,18)19)26-20-14(11)21-4-6-25-15(21)22/h7-8H,2-6,9H2,1H3. The van der Waals surface area contributed by atoms with Crippen molar-refractivity contribution in [2.75, 3.05) is 31.8 Å². The molecule has 2 heterocycles. The topological polar surface area (TPSA) is 60.9 Å². The highest BCUT2D eigenvalue weighted by atomic mass is 32.1. The molecule has 6 nitrogen and oxygen atoms in total. The minimum absolute atomic E-state index is 0.0498. The summed E-state index contributed by atoms with van der Waals surface area (Å²) in [6.07, 6.45) is -5.66. The molecule has 1 aliphatic rings. The van der Waals surface area contributed by atoms with Gasteiger partial charge < -0.3 is 14.2 Å². The number of methoxy groups -OCH3 is 1. The molecule has 0 unspecified atom stereocenters. The van der Waals surface area contributed by atoms with Crippen molar-refractivity contribution < 1.29 is 32.2 Å². The fourth-order valence-electron chi connectivity index (χ4n) is 2.64. The van der Waals surface area contributed by atoms with Crippen LogP contribution in [0.2, 0.25) is 0 Å². The minimum Gasteiger partial charge on any atom is -0.493 e. The van der Waals surface area contributed by atoms with Crippen LogP contribution < -0.4 is 9.64 Å². The first-order chi connectivity index (χ1) is 12.4. The Bertz CT molecular complexity index is 794. The lowest BCUT2D eigenvalue weighted by molar-refractivity contribution is -0.136. The number of aromatic nitrogens is 1. The number of rotatable bonds is 7. The zero-order valence-corrected chi connectivity index (χ0v) is 14.8. The SMILES string of the molecule is COCc1cc2c(N3CCOC3=O)nsc2cc1OCCCC(F)(F)F. The Morgan fingerprint density at radius 1 is 1.38 bits per heavy atom. The van der Waals surface area contributed by atoms with Gasteiger partial charge in [-0.1, -0.05) is 0 Å². The van der Waals surface area contributed by atoms with Crippen molar-refractivity contribution in [1.82, 2.24) is 4.37 Å². The van der Waals surface area contributed by atoms with Gasteiger partial charge in [0.2, 0.25) is 0 Å². The smallest absolute Gasteiger partial charge is 0.415 e. The van der Waals surface area contributed by atoms with E-state index < -0.39 is 18.7 Å². The van der Waals surface area contributed by atoms with Gasteiger partial charge in [0, 0.05) is 30.5 Å². The lowest BCUT2D eigenvalue weighted by Crippen LogP contribution is -2.23. The van der Waals surface area contributed by atoms with E-state index in [9.17, 15) is 18.0 Å². The first kappa shape index (κ1) is 18.7. The summed E-state index contributed by atoms with van der Waals surface area (Å²) in [5.74, 6) is 0.967. The molecule has 0 atom stereocenters. The number of carbonyl (C=O) groups excluding carboxylic acids is 1. The lowest BCUT2D eigenvalue weighted by Gasteiger charge is -2.14. The number of ether oxygens (including phenoxy) is 3. The first-order valence-electron chi connectivity index (χ1n) is 7.94. The molecule has 142 valence electrons. The summed E-state index contributed by atoms with van der Waals surface area (Å²) in [6.45, 7) is 0.909. The summed E-state index contributed by atoms with van der Waals surface area (Å²) in [7, 11) is 1.52. The molecule has 1 saturated heterocycles. The largest absolute Gasteiger partial charge is 0.493 e. The highest BCUT2D eigenvalue weighted by Crippen LogP contribution is 2.36. The van der Waals surface area contributed by atoms with E-state index in [-0.39, 0.29) is 19.6 Å². The van der Waals surface area contributed by atoms with Gasteiger partial charge in [-0.2, -0.15) is 17.5 Å². The maximum atomic E-state index is 12.2. The van der Waals surface area contributed by atoms with Gasteiger partial charge in [-0.05, 0) is 24.0 Å². The summed E-state index contributed by atoms with van der Waals surface area (Å²) >= 11 is 1.19. The van der Waals surface area contributed by atoms with E-state index in [1.807, 2.05) is 0 Å². The Labute approximate surface area is 151 Å². The number of carbonyl (C=O) groups is 1. The second kappa shape index (κ2) is 7.67. The van der Waals surface area contributed by atoms with Crippen molar-refractivity contribution in [2.45, 2.75) is 25.6 Å². The maximum Gasteiger partial charge on any atom is 0.415 e. The maximum absolute atomic E-state index is 12.2. The molecule has 0 spiro atoms. The van der Waals surface area contributed by atoms with Crippen molar-refractivity contribution in [3.8, 4) is 5.75 Å². The number of fused-ring (bicyclic) bond motifs is 1. The number of nitrogens with zero attached hydrogens (tertiary/aromatic N) is 2. The number of hydrogen-bond acceptors (Lipinski definition) is 6. The van der Waals surface area contributed by atoms with Crippen LogP contribution in [-0.4, -0.2) is 43.5 Å². The second-order valence-corrected chi connectivity index (χ2v) is 6.53. The van der Waals surface area contributed by atoms with Crippen LogP contribution in [0.3, 0.4) is 0 Å². The van der Waals surface area contributed by atoms with Gasteiger partial charge in [0.05, 0.1) is 24.5 Å². The molecule has 1 aliphatic heterocycles. The van der Waals surface area contributed by atoms with E-state index in [1.54, 1.807) is 12.1 Å². The van der Waals surface area contributed by atoms with Gasteiger partial charge in [0.15, 0.2) is 5.82 Å². The van der Waals surface area contributed by atoms with Crippen LogP contribution in [0.5, 0.6) is 5.75 Å². The summed E-state index contributed by atoms with van der Waals surface area (Å²) in [5, 5.41) is 0.753. The number of halogens is 3. The molecule has 0 saturated carbocycles. The van der Waals surface area contributed by atoms with Gasteiger partial charge in [-0.15, -0.1) is 0 Å². The van der Waals surface area contributed by atoms with Crippen molar-refractivity contribution in [2.24, 2.45) is 0 Å². The molecule has 10 heteroatoms. The van der Waals surface area contributed by atoms with Crippen LogP contribution in [0.15, 0.2) is 12.1 Å². The average Bonchev–Trinajstić information content (AvgIpc) is 3.16. The third kappa shape index (κ3) is 4.18. The van der Waals surface area contributed by atoms with Crippen molar-refractivity contribution in [1.29, 1.82) is 0 Å². The van der Waals surface area contributed by atoms with Crippen LogP contribution in [0, 0.1) is 0 Å². The quantitative estimate of drug-likeness (QED) is 0.666. The van der Waals surface area contributed by atoms with Crippen LogP contribution in [0.25, 0.3) is 10.1 Å². The molecule has 0 N–H and O–H groups in total. The molecule has 3 rings (SSSR count). The fourth-order valence-corrected chi connectivity index (χ4v) is 3.43. The summed E-state index contributed by atoms with van der Waals surface area (Å²) in [4.78, 5) is 13.2. The van der Waals surface area contributed by atoms with Gasteiger partial charge in [-0.25, -0.2) is 4.79 Å². The molecular formula is C16H17F3N2O4S. The second-order valence-electron chi connectivity index (χ2n) is 5.73. The van der Waals surface area contributed by atoms with E-state index >= 15 is 0 Å². The van der Waals surface area contributed by atoms with Crippen molar-refractivity contribution in [3.63, 3.8) is 0 Å². The summed E-state index contributed by atoms with van der Waals surface area (Å²) in [6, 6.07) is 3.52. The predicted octanol–water partition coefficient (Wildman–Crippen LogP) is 4.12. The minimum atomic E-state index is -4.19. The van der Waals surface area contributed by atoms with Gasteiger partial charge >= 0.3 is 12.3 Å². The fraction of sp³-hybridized carbons (Fsp3) is 0.500. The Morgan fingerprint density at radius 3 is 2.85 bits per heavy atom. The molecule has 0 bridgehead atoms. The predicted molar refractivity (Wildman–Crippen MR) is 89.8 cm³/mol. The molecule has 1 fully saturated rings. The molecule has 1 aromatic carbocycles. The third-order valence-electron chi connectivity index (χ3n) is 3.81. The normalized spacial score (nSPS) is 14.9. The van der Waals surface area contributed by atoms with Crippen LogP contribution in [-0.2, 0) is 16.1 Å². The number of cyclic esters (lactones) is 1. The van der Waals surface area contributed by atoms with Crippen LogP contribution in [0.1, 0.15) is 18.4 Å². The zero-order valence-electron chi connectivity index (χ0n) is 14.0. The third-order valence-corrected chi connectivity index (χ3v) is 4.61. The summed E-state index contributed by atoms with van der Waals surface area (Å²) < 4.78 is 57.5. The van der Waals surface area contributed by atoms with Gasteiger partial charge in [0.25, 0.3) is 0 Å². The molecular weight excluding hydrogens is 373 g/mol. The van der Waals surface area contributed by atoms with Crippen LogP contribution in [0.4, 0.5) is 23.8 Å². The van der Waals surface area contributed by atoms with Crippen LogP contribution >= 0.6 is 11.5 Å². The number of alkyl halides is 3. The van der Waals surface area contributed by atoms with Crippen molar-refractivity contribution >= 4 is 33.5 Å². The number of benzene rings is 1.